The first-order valence-corrected chi connectivity index (χ1v) is 5.83. The molecule has 0 bridgehead atoms. The van der Waals surface area contributed by atoms with Crippen LogP contribution in [0.25, 0.3) is 0 Å². The van der Waals surface area contributed by atoms with Crippen LogP contribution >= 0.6 is 11.6 Å². The number of aromatic nitrogens is 1. The molecule has 1 atom stereocenters. The van der Waals surface area contributed by atoms with Crippen LogP contribution in [0.5, 0.6) is 0 Å². The molecule has 2 aromatic rings. The lowest BCUT2D eigenvalue weighted by molar-refractivity contribution is 0.595. The molecule has 0 aliphatic heterocycles. The van der Waals surface area contributed by atoms with Crippen molar-refractivity contribution in [2.75, 3.05) is 0 Å². The minimum Gasteiger partial charge on any atom is -0.271 e. The molecule has 0 radical (unpaired) electrons. The van der Waals surface area contributed by atoms with E-state index in [0.717, 1.165) is 11.1 Å². The quantitative estimate of drug-likeness (QED) is 0.663. The van der Waals surface area contributed by atoms with Crippen LogP contribution in [0.3, 0.4) is 0 Å². The molecule has 5 heteroatoms. The average molecular weight is 266 g/mol. The molecule has 3 nitrogen and oxygen atoms in total. The Balaban J connectivity index is 2.44. The molecule has 1 aromatic heterocycles. The molecule has 0 aliphatic rings. The van der Waals surface area contributed by atoms with Crippen LogP contribution in [0.15, 0.2) is 36.5 Å². The summed E-state index contributed by atoms with van der Waals surface area (Å²) in [5.41, 5.74) is 5.04. The Labute approximate surface area is 110 Å². The lowest BCUT2D eigenvalue weighted by Gasteiger charge is -2.18. The molecule has 2 rings (SSSR count). The number of rotatable bonds is 3. The van der Waals surface area contributed by atoms with Crippen molar-refractivity contribution >= 4 is 11.6 Å². The summed E-state index contributed by atoms with van der Waals surface area (Å²) in [5, 5.41) is 0.547. The van der Waals surface area contributed by atoms with E-state index < -0.39 is 0 Å². The summed E-state index contributed by atoms with van der Waals surface area (Å²) < 4.78 is 13.3. The van der Waals surface area contributed by atoms with E-state index in [1.807, 2.05) is 6.92 Å². The second-order valence-corrected chi connectivity index (χ2v) is 4.44. The number of pyridine rings is 1. The number of hydrogen-bond acceptors (Lipinski definition) is 3. The monoisotopic (exact) mass is 265 g/mol. The van der Waals surface area contributed by atoms with Crippen molar-refractivity contribution in [3.8, 4) is 0 Å². The number of nitrogens with two attached hydrogens (primary N) is 1. The first kappa shape index (κ1) is 13.0. The van der Waals surface area contributed by atoms with Crippen LogP contribution in [-0.2, 0) is 0 Å². The Kier molecular flexibility index (Phi) is 3.91. The molecule has 3 N–H and O–H groups in total. The van der Waals surface area contributed by atoms with Crippen molar-refractivity contribution in [3.63, 3.8) is 0 Å². The molecule has 94 valence electrons. The van der Waals surface area contributed by atoms with Gasteiger partial charge in [-0.15, -0.1) is 0 Å². The van der Waals surface area contributed by atoms with Gasteiger partial charge in [-0.1, -0.05) is 17.7 Å². The maximum Gasteiger partial charge on any atom is 0.123 e. The van der Waals surface area contributed by atoms with Gasteiger partial charge in [-0.25, -0.2) is 9.82 Å². The Morgan fingerprint density at radius 2 is 2.11 bits per heavy atom. The predicted molar refractivity (Wildman–Crippen MR) is 69.6 cm³/mol. The van der Waals surface area contributed by atoms with Crippen LogP contribution < -0.4 is 11.3 Å². The van der Waals surface area contributed by atoms with Crippen molar-refractivity contribution in [1.82, 2.24) is 10.4 Å². The SMILES string of the molecule is Cc1ccc(F)cc1C(NN)c1ccc(Cl)cn1. The Morgan fingerprint density at radius 1 is 1.33 bits per heavy atom. The normalized spacial score (nSPS) is 12.4. The minimum atomic E-state index is -0.363. The number of nitrogens with zero attached hydrogens (tertiary/aromatic N) is 1. The molecule has 0 amide bonds. The predicted octanol–water partition coefficient (Wildman–Crippen LogP) is 2.74. The first-order chi connectivity index (χ1) is 8.61. The second kappa shape index (κ2) is 5.44. The van der Waals surface area contributed by atoms with Gasteiger partial charge in [-0.2, -0.15) is 0 Å². The molecule has 0 saturated heterocycles. The van der Waals surface area contributed by atoms with Crippen LogP contribution in [0.1, 0.15) is 22.9 Å². The van der Waals surface area contributed by atoms with E-state index in [0.29, 0.717) is 10.7 Å². The molecule has 1 unspecified atom stereocenters. The highest BCUT2D eigenvalue weighted by Gasteiger charge is 2.16. The number of hydrazine groups is 1. The van der Waals surface area contributed by atoms with Gasteiger partial charge in [0.2, 0.25) is 0 Å². The smallest absolute Gasteiger partial charge is 0.123 e. The topological polar surface area (TPSA) is 50.9 Å². The Hall–Kier alpha value is -1.49. The van der Waals surface area contributed by atoms with E-state index in [1.165, 1.54) is 18.3 Å². The molecule has 0 fully saturated rings. The summed E-state index contributed by atoms with van der Waals surface area (Å²) in [4.78, 5) is 4.20. The summed E-state index contributed by atoms with van der Waals surface area (Å²) in [7, 11) is 0. The zero-order valence-corrected chi connectivity index (χ0v) is 10.6. The first-order valence-electron chi connectivity index (χ1n) is 5.45. The van der Waals surface area contributed by atoms with E-state index in [1.54, 1.807) is 18.2 Å². The molecule has 0 aliphatic carbocycles. The van der Waals surface area contributed by atoms with Gasteiger partial charge in [0.25, 0.3) is 0 Å². The van der Waals surface area contributed by atoms with E-state index >= 15 is 0 Å². The van der Waals surface area contributed by atoms with Crippen LogP contribution in [0.4, 0.5) is 4.39 Å². The molecular formula is C13H13ClFN3. The van der Waals surface area contributed by atoms with Crippen molar-refractivity contribution < 1.29 is 4.39 Å². The maximum absolute atomic E-state index is 13.3. The summed E-state index contributed by atoms with van der Waals surface area (Å²) >= 11 is 5.79. The largest absolute Gasteiger partial charge is 0.271 e. The fraction of sp³-hybridized carbons (Fsp3) is 0.154. The average Bonchev–Trinajstić information content (AvgIpc) is 2.37. The van der Waals surface area contributed by atoms with E-state index in [9.17, 15) is 4.39 Å². The molecular weight excluding hydrogens is 253 g/mol. The lowest BCUT2D eigenvalue weighted by atomic mass is 9.98. The number of hydrogen-bond donors (Lipinski definition) is 2. The highest BCUT2D eigenvalue weighted by atomic mass is 35.5. The van der Waals surface area contributed by atoms with Gasteiger partial charge in [0, 0.05) is 6.20 Å². The van der Waals surface area contributed by atoms with Crippen LogP contribution in [-0.4, -0.2) is 4.98 Å². The Bertz CT molecular complexity index is 542. The zero-order valence-electron chi connectivity index (χ0n) is 9.82. The maximum atomic E-state index is 13.3. The van der Waals surface area contributed by atoms with Crippen molar-refractivity contribution in [2.24, 2.45) is 5.84 Å². The zero-order chi connectivity index (χ0) is 13.1. The molecule has 1 heterocycles. The number of aryl methyl sites for hydroxylation is 1. The summed E-state index contributed by atoms with van der Waals surface area (Å²) in [6.07, 6.45) is 1.54. The number of halogens is 2. The van der Waals surface area contributed by atoms with Gasteiger partial charge in [0.05, 0.1) is 16.8 Å². The van der Waals surface area contributed by atoms with Crippen LogP contribution in [0, 0.1) is 12.7 Å². The minimum absolute atomic E-state index is 0.301. The van der Waals surface area contributed by atoms with Gasteiger partial charge in [-0.05, 0) is 42.3 Å². The molecule has 18 heavy (non-hydrogen) atoms. The van der Waals surface area contributed by atoms with Crippen molar-refractivity contribution in [2.45, 2.75) is 13.0 Å². The van der Waals surface area contributed by atoms with Gasteiger partial charge in [0.15, 0.2) is 0 Å². The Morgan fingerprint density at radius 3 is 2.72 bits per heavy atom. The van der Waals surface area contributed by atoms with E-state index in [4.69, 9.17) is 17.4 Å². The van der Waals surface area contributed by atoms with Gasteiger partial charge < -0.3 is 0 Å². The van der Waals surface area contributed by atoms with E-state index in [-0.39, 0.29) is 11.9 Å². The highest BCUT2D eigenvalue weighted by molar-refractivity contribution is 6.30. The van der Waals surface area contributed by atoms with Gasteiger partial charge in [-0.3, -0.25) is 10.8 Å². The summed E-state index contributed by atoms with van der Waals surface area (Å²) in [6.45, 7) is 1.90. The number of nitrogens with one attached hydrogen (secondary N) is 1. The summed E-state index contributed by atoms with van der Waals surface area (Å²) in [6, 6.07) is 7.71. The number of benzene rings is 1. The fourth-order valence-electron chi connectivity index (χ4n) is 1.81. The van der Waals surface area contributed by atoms with Crippen molar-refractivity contribution in [1.29, 1.82) is 0 Å². The third-order valence-electron chi connectivity index (χ3n) is 2.76. The molecule has 1 aromatic carbocycles. The second-order valence-electron chi connectivity index (χ2n) is 4.00. The molecule has 0 saturated carbocycles. The third-order valence-corrected chi connectivity index (χ3v) is 2.99. The van der Waals surface area contributed by atoms with E-state index in [2.05, 4.69) is 10.4 Å². The van der Waals surface area contributed by atoms with Gasteiger partial charge >= 0.3 is 0 Å². The van der Waals surface area contributed by atoms with Crippen molar-refractivity contribution in [3.05, 3.63) is 64.2 Å². The highest BCUT2D eigenvalue weighted by Crippen LogP contribution is 2.24. The van der Waals surface area contributed by atoms with Gasteiger partial charge in [0.1, 0.15) is 5.82 Å². The summed E-state index contributed by atoms with van der Waals surface area (Å²) in [5.74, 6) is 5.25. The lowest BCUT2D eigenvalue weighted by Crippen LogP contribution is -2.30. The molecule has 0 spiro atoms. The fourth-order valence-corrected chi connectivity index (χ4v) is 1.93. The van der Waals surface area contributed by atoms with Crippen LogP contribution in [0.2, 0.25) is 5.02 Å². The third kappa shape index (κ3) is 2.67. The standard InChI is InChI=1S/C13H13ClFN3/c1-8-2-4-10(15)6-11(8)13(18-16)12-5-3-9(14)7-17-12/h2-7,13,18H,16H2,1H3.